The summed E-state index contributed by atoms with van der Waals surface area (Å²) in [6.07, 6.45) is 4.23. The van der Waals surface area contributed by atoms with Crippen LogP contribution in [-0.4, -0.2) is 44.4 Å². The summed E-state index contributed by atoms with van der Waals surface area (Å²) in [4.78, 5) is 18.4. The minimum Gasteiger partial charge on any atom is -0.339 e. The zero-order chi connectivity index (χ0) is 20.1. The van der Waals surface area contributed by atoms with Gasteiger partial charge in [-0.05, 0) is 19.1 Å². The van der Waals surface area contributed by atoms with Crippen molar-refractivity contribution in [3.8, 4) is 5.69 Å². The van der Waals surface area contributed by atoms with Crippen molar-refractivity contribution < 1.29 is 9.32 Å². The first-order chi connectivity index (χ1) is 13.4. The van der Waals surface area contributed by atoms with E-state index in [1.165, 1.54) is 0 Å². The molecule has 2 amide bonds. The largest absolute Gasteiger partial charge is 0.339 e. The van der Waals surface area contributed by atoms with Crippen LogP contribution in [0.4, 0.5) is 4.79 Å². The van der Waals surface area contributed by atoms with E-state index in [-0.39, 0.29) is 18.0 Å². The van der Waals surface area contributed by atoms with Crippen molar-refractivity contribution in [2.75, 3.05) is 13.6 Å². The van der Waals surface area contributed by atoms with Crippen LogP contribution < -0.4 is 5.32 Å². The number of urea groups is 1. The minimum absolute atomic E-state index is 0.160. The van der Waals surface area contributed by atoms with Gasteiger partial charge in [0.05, 0.1) is 17.9 Å². The summed E-state index contributed by atoms with van der Waals surface area (Å²) >= 11 is 0. The molecule has 0 aliphatic heterocycles. The van der Waals surface area contributed by atoms with E-state index < -0.39 is 0 Å². The van der Waals surface area contributed by atoms with Crippen molar-refractivity contribution >= 4 is 6.03 Å². The summed E-state index contributed by atoms with van der Waals surface area (Å²) in [6.45, 7) is 6.43. The molecule has 148 valence electrons. The summed E-state index contributed by atoms with van der Waals surface area (Å²) in [7, 11) is 1.75. The van der Waals surface area contributed by atoms with E-state index in [4.69, 9.17) is 4.52 Å². The van der Waals surface area contributed by atoms with Crippen molar-refractivity contribution in [3.05, 3.63) is 60.0 Å². The van der Waals surface area contributed by atoms with Gasteiger partial charge in [0.25, 0.3) is 0 Å². The van der Waals surface area contributed by atoms with Crippen LogP contribution in [-0.2, 0) is 6.42 Å². The molecule has 0 saturated heterocycles. The van der Waals surface area contributed by atoms with Crippen LogP contribution in [0.2, 0.25) is 0 Å². The van der Waals surface area contributed by atoms with Crippen LogP contribution in [0.3, 0.4) is 0 Å². The number of aromatic nitrogens is 4. The second kappa shape index (κ2) is 8.69. The van der Waals surface area contributed by atoms with Crippen LogP contribution in [0.5, 0.6) is 0 Å². The highest BCUT2D eigenvalue weighted by Gasteiger charge is 2.16. The number of hydrogen-bond donors (Lipinski definition) is 1. The standard InChI is InChI=1S/C20H26N6O2/c1-14(2)19-23-18(24-28-19)10-11-25(4)20(27)22-15(3)16-12-21-26(13-16)17-8-6-5-7-9-17/h5-9,12-15H,10-11H2,1-4H3,(H,22,27)/t15-/m0/s1. The zero-order valence-electron chi connectivity index (χ0n) is 16.7. The summed E-state index contributed by atoms with van der Waals surface area (Å²) in [5.74, 6) is 1.42. The Bertz CT molecular complexity index is 902. The third kappa shape index (κ3) is 4.76. The van der Waals surface area contributed by atoms with E-state index in [2.05, 4.69) is 20.6 Å². The smallest absolute Gasteiger partial charge is 0.317 e. The lowest BCUT2D eigenvalue weighted by Gasteiger charge is -2.20. The Morgan fingerprint density at radius 1 is 1.25 bits per heavy atom. The first-order valence-electron chi connectivity index (χ1n) is 9.38. The number of amides is 2. The van der Waals surface area contributed by atoms with E-state index >= 15 is 0 Å². The SMILES string of the molecule is CC(C)c1nc(CCN(C)C(=O)N[C@@H](C)c2cnn(-c3ccccc3)c2)no1. The van der Waals surface area contributed by atoms with Gasteiger partial charge in [0.2, 0.25) is 5.89 Å². The molecule has 8 nitrogen and oxygen atoms in total. The lowest BCUT2D eigenvalue weighted by Crippen LogP contribution is -2.39. The molecule has 8 heteroatoms. The number of carbonyl (C=O) groups is 1. The molecule has 0 saturated carbocycles. The molecule has 1 aromatic carbocycles. The number of rotatable bonds is 7. The number of nitrogens with one attached hydrogen (secondary N) is 1. The molecule has 0 fully saturated rings. The molecule has 0 spiro atoms. The highest BCUT2D eigenvalue weighted by atomic mass is 16.5. The minimum atomic E-state index is -0.162. The number of likely N-dealkylation sites (N-methyl/N-ethyl adjacent to an activating group) is 1. The lowest BCUT2D eigenvalue weighted by atomic mass is 10.2. The molecule has 1 atom stereocenters. The van der Waals surface area contributed by atoms with E-state index in [9.17, 15) is 4.79 Å². The van der Waals surface area contributed by atoms with Crippen LogP contribution in [0.15, 0.2) is 47.2 Å². The number of para-hydroxylation sites is 1. The zero-order valence-corrected chi connectivity index (χ0v) is 16.7. The van der Waals surface area contributed by atoms with Crippen LogP contribution in [0, 0.1) is 0 Å². The molecule has 3 aromatic rings. The number of benzene rings is 1. The van der Waals surface area contributed by atoms with Gasteiger partial charge in [0, 0.05) is 37.7 Å². The maximum atomic E-state index is 12.5. The lowest BCUT2D eigenvalue weighted by molar-refractivity contribution is 0.205. The molecular formula is C20H26N6O2. The maximum absolute atomic E-state index is 12.5. The summed E-state index contributed by atoms with van der Waals surface area (Å²) in [5, 5.41) is 11.3. The van der Waals surface area contributed by atoms with Crippen LogP contribution in [0.25, 0.3) is 5.69 Å². The topological polar surface area (TPSA) is 89.1 Å². The number of carbonyl (C=O) groups excluding carboxylic acids is 1. The second-order valence-electron chi connectivity index (χ2n) is 7.10. The summed E-state index contributed by atoms with van der Waals surface area (Å²) < 4.78 is 6.99. The molecule has 0 unspecified atom stereocenters. The number of nitrogens with zero attached hydrogens (tertiary/aromatic N) is 5. The molecule has 0 radical (unpaired) electrons. The fourth-order valence-electron chi connectivity index (χ4n) is 2.63. The Morgan fingerprint density at radius 3 is 2.68 bits per heavy atom. The fraction of sp³-hybridized carbons (Fsp3) is 0.400. The molecule has 0 bridgehead atoms. The van der Waals surface area contributed by atoms with Gasteiger partial charge in [-0.2, -0.15) is 10.1 Å². The fourth-order valence-corrected chi connectivity index (χ4v) is 2.63. The van der Waals surface area contributed by atoms with Gasteiger partial charge in [-0.15, -0.1) is 0 Å². The Kier molecular flexibility index (Phi) is 6.08. The highest BCUT2D eigenvalue weighted by molar-refractivity contribution is 5.74. The first kappa shape index (κ1) is 19.6. The average molecular weight is 382 g/mol. The second-order valence-corrected chi connectivity index (χ2v) is 7.10. The molecule has 0 aliphatic rings. The van der Waals surface area contributed by atoms with Crippen LogP contribution >= 0.6 is 0 Å². The predicted molar refractivity (Wildman–Crippen MR) is 105 cm³/mol. The highest BCUT2D eigenvalue weighted by Crippen LogP contribution is 2.15. The van der Waals surface area contributed by atoms with Gasteiger partial charge < -0.3 is 14.7 Å². The number of hydrogen-bond acceptors (Lipinski definition) is 5. The Balaban J connectivity index is 1.52. The Hall–Kier alpha value is -3.16. The Morgan fingerprint density at radius 2 is 2.00 bits per heavy atom. The van der Waals surface area contributed by atoms with Crippen molar-refractivity contribution in [2.45, 2.75) is 39.2 Å². The molecule has 1 N–H and O–H groups in total. The molecular weight excluding hydrogens is 356 g/mol. The van der Waals surface area contributed by atoms with Crippen molar-refractivity contribution in [1.82, 2.24) is 30.1 Å². The van der Waals surface area contributed by atoms with Gasteiger partial charge >= 0.3 is 6.03 Å². The first-order valence-corrected chi connectivity index (χ1v) is 9.38. The van der Waals surface area contributed by atoms with Crippen molar-refractivity contribution in [1.29, 1.82) is 0 Å². The maximum Gasteiger partial charge on any atom is 0.317 e. The normalized spacial score (nSPS) is 12.2. The van der Waals surface area contributed by atoms with Gasteiger partial charge in [0.15, 0.2) is 5.82 Å². The van der Waals surface area contributed by atoms with E-state index in [1.54, 1.807) is 22.8 Å². The summed E-state index contributed by atoms with van der Waals surface area (Å²) in [6, 6.07) is 9.53. The third-order valence-corrected chi connectivity index (χ3v) is 4.46. The average Bonchev–Trinajstić information content (AvgIpc) is 3.36. The summed E-state index contributed by atoms with van der Waals surface area (Å²) in [5.41, 5.74) is 1.91. The van der Waals surface area contributed by atoms with Crippen molar-refractivity contribution in [3.63, 3.8) is 0 Å². The molecule has 3 rings (SSSR count). The quantitative estimate of drug-likeness (QED) is 0.677. The molecule has 28 heavy (non-hydrogen) atoms. The van der Waals surface area contributed by atoms with Gasteiger partial charge in [-0.3, -0.25) is 0 Å². The Labute approximate surface area is 164 Å². The molecule has 2 heterocycles. The monoisotopic (exact) mass is 382 g/mol. The third-order valence-electron chi connectivity index (χ3n) is 4.46. The molecule has 2 aromatic heterocycles. The van der Waals surface area contributed by atoms with Crippen molar-refractivity contribution in [2.24, 2.45) is 0 Å². The van der Waals surface area contributed by atoms with E-state index in [0.29, 0.717) is 24.7 Å². The molecule has 0 aliphatic carbocycles. The predicted octanol–water partition coefficient (Wildman–Crippen LogP) is 3.32. The van der Waals surface area contributed by atoms with E-state index in [0.717, 1.165) is 11.3 Å². The van der Waals surface area contributed by atoms with Gasteiger partial charge in [-0.25, -0.2) is 9.48 Å². The van der Waals surface area contributed by atoms with E-state index in [1.807, 2.05) is 57.3 Å². The van der Waals surface area contributed by atoms with Crippen LogP contribution in [0.1, 0.15) is 50.0 Å². The van der Waals surface area contributed by atoms with Gasteiger partial charge in [0.1, 0.15) is 0 Å². The van der Waals surface area contributed by atoms with Gasteiger partial charge in [-0.1, -0.05) is 37.2 Å².